The zero-order valence-corrected chi connectivity index (χ0v) is 12.7. The normalized spacial score (nSPS) is 24.7. The number of hydrogen-bond donors (Lipinski definition) is 0. The van der Waals surface area contributed by atoms with Gasteiger partial charge in [-0.25, -0.2) is 0 Å². The van der Waals surface area contributed by atoms with Gasteiger partial charge in [-0.2, -0.15) is 0 Å². The van der Waals surface area contributed by atoms with E-state index in [9.17, 15) is 9.59 Å². The average Bonchev–Trinajstić information content (AvgIpc) is 2.27. The number of piperazine rings is 2. The molecule has 5 nitrogen and oxygen atoms in total. The van der Waals surface area contributed by atoms with E-state index >= 15 is 0 Å². The van der Waals surface area contributed by atoms with Crippen molar-refractivity contribution >= 4 is 11.8 Å². The summed E-state index contributed by atoms with van der Waals surface area (Å²) in [5.41, 5.74) is 0. The van der Waals surface area contributed by atoms with Crippen LogP contribution in [0.4, 0.5) is 0 Å². The zero-order valence-electron chi connectivity index (χ0n) is 9.94. The van der Waals surface area contributed by atoms with Crippen molar-refractivity contribution in [1.29, 1.82) is 0 Å². The molecule has 0 N–H and O–H groups in total. The first-order valence-corrected chi connectivity index (χ1v) is 5.38. The standard InChI is InChI=1S/C8H13N3O2.C2H6.Re/c1-10-2-3-11-6(5-10)8(13)9-4-7(11)12;1-2;/h6H,2-5H2,1H3,(H,9,13);1-2H3;/p-1. The van der Waals surface area contributed by atoms with Gasteiger partial charge < -0.3 is 19.9 Å². The molecule has 16 heavy (non-hydrogen) atoms. The van der Waals surface area contributed by atoms with E-state index in [0.29, 0.717) is 13.1 Å². The Morgan fingerprint density at radius 2 is 1.88 bits per heavy atom. The van der Waals surface area contributed by atoms with E-state index in [1.807, 2.05) is 25.8 Å². The van der Waals surface area contributed by atoms with E-state index < -0.39 is 0 Å². The van der Waals surface area contributed by atoms with Crippen molar-refractivity contribution in [2.24, 2.45) is 0 Å². The molecule has 6 heteroatoms. The smallest absolute Gasteiger partial charge is 0.205 e. The Morgan fingerprint density at radius 1 is 1.25 bits per heavy atom. The first-order valence-electron chi connectivity index (χ1n) is 5.38. The first kappa shape index (κ1) is 15.6. The van der Waals surface area contributed by atoms with Crippen LogP contribution in [0.5, 0.6) is 0 Å². The van der Waals surface area contributed by atoms with Crippen molar-refractivity contribution in [3.8, 4) is 0 Å². The van der Waals surface area contributed by atoms with Gasteiger partial charge in [-0.1, -0.05) is 13.8 Å². The molecule has 2 amide bonds. The summed E-state index contributed by atoms with van der Waals surface area (Å²) in [7, 11) is 1.95. The topological polar surface area (TPSA) is 54.7 Å². The number of fused-ring (bicyclic) bond motifs is 1. The monoisotopic (exact) mass is 399 g/mol. The summed E-state index contributed by atoms with van der Waals surface area (Å²) in [6.45, 7) is 6.16. The van der Waals surface area contributed by atoms with E-state index in [0.717, 1.165) is 6.54 Å². The molecule has 0 bridgehead atoms. The summed E-state index contributed by atoms with van der Waals surface area (Å²) >= 11 is 0. The fourth-order valence-electron chi connectivity index (χ4n) is 1.77. The van der Waals surface area contributed by atoms with Gasteiger partial charge in [0.25, 0.3) is 0 Å². The van der Waals surface area contributed by atoms with E-state index in [2.05, 4.69) is 5.32 Å². The maximum atomic E-state index is 11.3. The minimum absolute atomic E-state index is 0. The van der Waals surface area contributed by atoms with Crippen LogP contribution in [0.2, 0.25) is 0 Å². The Morgan fingerprint density at radius 3 is 2.50 bits per heavy atom. The van der Waals surface area contributed by atoms with Gasteiger partial charge in [0, 0.05) is 40.1 Å². The summed E-state index contributed by atoms with van der Waals surface area (Å²) in [6.07, 6.45) is 0. The van der Waals surface area contributed by atoms with Crippen LogP contribution in [0, 0.1) is 0 Å². The molecular formula is C10H18N3O2Re-. The van der Waals surface area contributed by atoms with Crippen LogP contribution in [-0.4, -0.2) is 60.9 Å². The van der Waals surface area contributed by atoms with Crippen molar-refractivity contribution in [1.82, 2.24) is 9.80 Å². The number of hydrogen-bond acceptors (Lipinski definition) is 3. The van der Waals surface area contributed by atoms with Crippen molar-refractivity contribution < 1.29 is 30.0 Å². The summed E-state index contributed by atoms with van der Waals surface area (Å²) in [5.74, 6) is -0.163. The van der Waals surface area contributed by atoms with E-state index in [1.165, 1.54) is 0 Å². The largest absolute Gasteiger partial charge is 0.644 e. The zero-order chi connectivity index (χ0) is 11.4. The molecule has 0 aliphatic carbocycles. The second kappa shape index (κ2) is 7.00. The Labute approximate surface area is 110 Å². The minimum atomic E-state index is -0.319. The molecule has 2 aliphatic rings. The number of amides is 2. The van der Waals surface area contributed by atoms with Crippen molar-refractivity contribution in [2.75, 3.05) is 33.2 Å². The van der Waals surface area contributed by atoms with Gasteiger partial charge in [0.15, 0.2) is 0 Å². The summed E-state index contributed by atoms with van der Waals surface area (Å²) in [5, 5.41) is 3.67. The van der Waals surface area contributed by atoms with Gasteiger partial charge in [0.2, 0.25) is 5.91 Å². The third-order valence-electron chi connectivity index (χ3n) is 2.56. The van der Waals surface area contributed by atoms with Crippen LogP contribution in [0.1, 0.15) is 13.8 Å². The first-order chi connectivity index (χ1) is 7.18. The molecule has 2 saturated heterocycles. The van der Waals surface area contributed by atoms with Crippen LogP contribution in [0.25, 0.3) is 5.32 Å². The van der Waals surface area contributed by atoms with Crippen LogP contribution in [-0.2, 0) is 30.0 Å². The number of rotatable bonds is 0. The summed E-state index contributed by atoms with van der Waals surface area (Å²) in [6, 6.07) is -0.319. The minimum Gasteiger partial charge on any atom is -0.644 e. The number of likely N-dealkylation sites (N-methyl/N-ethyl adjacent to an activating group) is 1. The Kier molecular flexibility index (Phi) is 6.81. The van der Waals surface area contributed by atoms with Gasteiger partial charge in [-0.3, -0.25) is 4.79 Å². The molecule has 1 unspecified atom stereocenters. The van der Waals surface area contributed by atoms with Gasteiger partial charge in [-0.15, -0.1) is 0 Å². The molecule has 2 fully saturated rings. The molecule has 1 radical (unpaired) electrons. The quantitative estimate of drug-likeness (QED) is 0.580. The summed E-state index contributed by atoms with van der Waals surface area (Å²) < 4.78 is 0. The molecule has 2 rings (SSSR count). The number of nitrogens with zero attached hydrogens (tertiary/aromatic N) is 3. The summed E-state index contributed by atoms with van der Waals surface area (Å²) in [4.78, 5) is 26.4. The predicted molar refractivity (Wildman–Crippen MR) is 57.6 cm³/mol. The molecule has 2 aliphatic heterocycles. The van der Waals surface area contributed by atoms with E-state index in [1.54, 1.807) is 4.90 Å². The molecular weight excluding hydrogens is 380 g/mol. The van der Waals surface area contributed by atoms with E-state index in [4.69, 9.17) is 0 Å². The van der Waals surface area contributed by atoms with Gasteiger partial charge in [0.1, 0.15) is 0 Å². The average molecular weight is 398 g/mol. The van der Waals surface area contributed by atoms with Crippen LogP contribution < -0.4 is 0 Å². The molecule has 1 atom stereocenters. The molecule has 0 aromatic carbocycles. The SMILES string of the molecule is CC.CN1CCN2C(=O)C[N-]C(=O)C2C1.[Re]. The molecule has 0 spiro atoms. The van der Waals surface area contributed by atoms with Crippen LogP contribution in [0.3, 0.4) is 0 Å². The van der Waals surface area contributed by atoms with E-state index in [-0.39, 0.29) is 44.8 Å². The van der Waals surface area contributed by atoms with Crippen molar-refractivity contribution in [3.63, 3.8) is 0 Å². The Bertz CT molecular complexity index is 260. The molecule has 93 valence electrons. The maximum absolute atomic E-state index is 11.3. The molecule has 0 aromatic heterocycles. The Balaban J connectivity index is 0.000000711. The van der Waals surface area contributed by atoms with Gasteiger partial charge >= 0.3 is 0 Å². The number of carbonyl (C=O) groups is 2. The molecule has 0 aromatic rings. The van der Waals surface area contributed by atoms with Crippen molar-refractivity contribution in [3.05, 3.63) is 5.32 Å². The van der Waals surface area contributed by atoms with Gasteiger partial charge in [0.05, 0.1) is 11.9 Å². The van der Waals surface area contributed by atoms with Crippen molar-refractivity contribution in [2.45, 2.75) is 19.9 Å². The Hall–Kier alpha value is -0.438. The predicted octanol–water partition coefficient (Wildman–Crippen LogP) is 0.0666. The van der Waals surface area contributed by atoms with Crippen LogP contribution in [0.15, 0.2) is 0 Å². The second-order valence-corrected chi connectivity index (χ2v) is 3.52. The van der Waals surface area contributed by atoms with Crippen LogP contribution >= 0.6 is 0 Å². The number of carbonyl (C=O) groups excluding carboxylic acids is 2. The fourth-order valence-corrected chi connectivity index (χ4v) is 1.77. The molecule has 0 saturated carbocycles. The third kappa shape index (κ3) is 3.28. The molecule has 2 heterocycles. The van der Waals surface area contributed by atoms with Gasteiger partial charge in [-0.05, 0) is 13.6 Å². The second-order valence-electron chi connectivity index (χ2n) is 3.52. The maximum Gasteiger partial charge on any atom is 0.205 e. The fraction of sp³-hybridized carbons (Fsp3) is 0.800. The third-order valence-corrected chi connectivity index (χ3v) is 2.56.